The number of hydrogen-bond donors (Lipinski definition) is 1. The molecule has 1 aromatic heterocycles. The van der Waals surface area contributed by atoms with Crippen molar-refractivity contribution in [3.05, 3.63) is 65.1 Å². The van der Waals surface area contributed by atoms with Crippen LogP contribution in [0.5, 0.6) is 11.8 Å². The fourth-order valence-electron chi connectivity index (χ4n) is 3.55. The third kappa shape index (κ3) is 3.76. The van der Waals surface area contributed by atoms with Gasteiger partial charge in [0.15, 0.2) is 5.82 Å². The lowest BCUT2D eigenvalue weighted by Crippen LogP contribution is -2.11. The van der Waals surface area contributed by atoms with Crippen molar-refractivity contribution in [2.45, 2.75) is 20.3 Å². The monoisotopic (exact) mass is 432 g/mol. The number of aryl methyl sites for hydroxylation is 1. The molecule has 9 heteroatoms. The first kappa shape index (κ1) is 21.0. The number of nitrogens with zero attached hydrogens (tertiary/aromatic N) is 4. The minimum atomic E-state index is -0.872. The van der Waals surface area contributed by atoms with E-state index in [0.717, 1.165) is 10.8 Å². The van der Waals surface area contributed by atoms with Gasteiger partial charge in [-0.15, -0.1) is 10.0 Å². The predicted octanol–water partition coefficient (Wildman–Crippen LogP) is 5.29. The number of carbonyl (C=O) groups excluding carboxylic acids is 1. The van der Waals surface area contributed by atoms with Gasteiger partial charge in [-0.05, 0) is 41.6 Å². The summed E-state index contributed by atoms with van der Waals surface area (Å²) in [5.41, 5.74) is 1.60. The number of nitroso groups, excluding NO2 is 1. The molecule has 0 bridgehead atoms. The van der Waals surface area contributed by atoms with E-state index in [2.05, 4.69) is 15.4 Å². The molecule has 0 aliphatic rings. The highest BCUT2D eigenvalue weighted by Crippen LogP contribution is 2.39. The Morgan fingerprint density at radius 2 is 1.88 bits per heavy atom. The summed E-state index contributed by atoms with van der Waals surface area (Å²) < 4.78 is 11.5. The van der Waals surface area contributed by atoms with Crippen LogP contribution in [0.1, 0.15) is 19.4 Å². The van der Waals surface area contributed by atoms with Gasteiger partial charge in [-0.3, -0.25) is 0 Å². The second-order valence-corrected chi connectivity index (χ2v) is 6.86. The van der Waals surface area contributed by atoms with Gasteiger partial charge in [0.2, 0.25) is 0 Å². The molecular formula is C23H20N4O5. The van der Waals surface area contributed by atoms with Crippen LogP contribution in [0.4, 0.5) is 10.5 Å². The third-order valence-electron chi connectivity index (χ3n) is 5.01. The summed E-state index contributed by atoms with van der Waals surface area (Å²) in [6, 6.07) is 16.0. The Kier molecular flexibility index (Phi) is 5.80. The van der Waals surface area contributed by atoms with Gasteiger partial charge in [-0.1, -0.05) is 48.4 Å². The molecule has 0 spiro atoms. The van der Waals surface area contributed by atoms with E-state index >= 15 is 0 Å². The molecule has 0 aliphatic carbocycles. The first-order chi connectivity index (χ1) is 15.6. The van der Waals surface area contributed by atoms with E-state index in [9.17, 15) is 14.8 Å². The molecule has 162 valence electrons. The van der Waals surface area contributed by atoms with Crippen LogP contribution in [-0.2, 0) is 11.2 Å². The molecule has 0 aliphatic heterocycles. The molecule has 32 heavy (non-hydrogen) atoms. The summed E-state index contributed by atoms with van der Waals surface area (Å²) in [5.74, 6) is 0.399. The van der Waals surface area contributed by atoms with Crippen molar-refractivity contribution in [3.8, 4) is 28.8 Å². The lowest BCUT2D eigenvalue weighted by Gasteiger charge is -2.14. The van der Waals surface area contributed by atoms with E-state index in [0.29, 0.717) is 23.2 Å². The van der Waals surface area contributed by atoms with Gasteiger partial charge in [0.1, 0.15) is 11.4 Å². The van der Waals surface area contributed by atoms with Crippen molar-refractivity contribution < 1.29 is 19.4 Å². The Morgan fingerprint density at radius 3 is 2.62 bits per heavy atom. The van der Waals surface area contributed by atoms with Crippen molar-refractivity contribution in [1.82, 2.24) is 14.8 Å². The van der Waals surface area contributed by atoms with Crippen molar-refractivity contribution in [2.75, 3.05) is 6.61 Å². The summed E-state index contributed by atoms with van der Waals surface area (Å²) in [7, 11) is 0. The molecule has 0 amide bonds. The summed E-state index contributed by atoms with van der Waals surface area (Å²) in [6.07, 6.45) is -0.377. The fourth-order valence-corrected chi connectivity index (χ4v) is 3.55. The Hall–Kier alpha value is -4.27. The zero-order valence-corrected chi connectivity index (χ0v) is 17.5. The molecule has 0 atom stereocenters. The Bertz CT molecular complexity index is 1310. The quantitative estimate of drug-likeness (QED) is 0.250. The minimum Gasteiger partial charge on any atom is -0.479 e. The molecule has 0 saturated carbocycles. The van der Waals surface area contributed by atoms with Gasteiger partial charge in [0.05, 0.1) is 12.3 Å². The van der Waals surface area contributed by atoms with Crippen LogP contribution in [-0.4, -0.2) is 32.6 Å². The molecule has 9 nitrogen and oxygen atoms in total. The van der Waals surface area contributed by atoms with Crippen molar-refractivity contribution in [2.24, 2.45) is 5.18 Å². The Balaban J connectivity index is 1.90. The van der Waals surface area contributed by atoms with Crippen molar-refractivity contribution in [1.29, 1.82) is 0 Å². The summed E-state index contributed by atoms with van der Waals surface area (Å²) in [6.45, 7) is 3.69. The molecule has 1 N–H and O–H groups in total. The first-order valence-electron chi connectivity index (χ1n) is 10.0. The Morgan fingerprint density at radius 1 is 1.09 bits per heavy atom. The molecule has 0 saturated heterocycles. The lowest BCUT2D eigenvalue weighted by molar-refractivity contribution is 0.104. The number of hydrogen-bond acceptors (Lipinski definition) is 8. The average Bonchev–Trinajstić information content (AvgIpc) is 3.19. The SMILES string of the molecule is CCOC(=O)Oc1cc(N=O)c(-c2nnc(O)n2-c2cccc3ccccc23)cc1CC. The molecule has 0 radical (unpaired) electrons. The van der Waals surface area contributed by atoms with E-state index in [1.54, 1.807) is 13.0 Å². The number of aromatic nitrogens is 3. The number of carbonyl (C=O) groups is 1. The van der Waals surface area contributed by atoms with Crippen LogP contribution in [0.2, 0.25) is 0 Å². The van der Waals surface area contributed by atoms with Gasteiger partial charge < -0.3 is 14.6 Å². The number of fused-ring (bicyclic) bond motifs is 1. The lowest BCUT2D eigenvalue weighted by atomic mass is 10.0. The Labute approximate surface area is 183 Å². The van der Waals surface area contributed by atoms with E-state index < -0.39 is 6.16 Å². The maximum Gasteiger partial charge on any atom is 0.513 e. The summed E-state index contributed by atoms with van der Waals surface area (Å²) in [5, 5.41) is 23.4. The molecule has 4 aromatic rings. The van der Waals surface area contributed by atoms with Gasteiger partial charge in [-0.25, -0.2) is 9.36 Å². The fraction of sp³-hybridized carbons (Fsp3) is 0.174. The highest BCUT2D eigenvalue weighted by Gasteiger charge is 2.22. The van der Waals surface area contributed by atoms with E-state index in [4.69, 9.17) is 9.47 Å². The van der Waals surface area contributed by atoms with E-state index in [1.165, 1.54) is 10.6 Å². The van der Waals surface area contributed by atoms with Gasteiger partial charge in [0, 0.05) is 17.0 Å². The highest BCUT2D eigenvalue weighted by atomic mass is 16.7. The van der Waals surface area contributed by atoms with Gasteiger partial charge in [-0.2, -0.15) is 0 Å². The molecular weight excluding hydrogens is 412 g/mol. The molecule has 0 fully saturated rings. The molecule has 3 aromatic carbocycles. The zero-order valence-electron chi connectivity index (χ0n) is 17.5. The smallest absolute Gasteiger partial charge is 0.479 e. The van der Waals surface area contributed by atoms with Crippen LogP contribution in [0.3, 0.4) is 0 Å². The maximum absolute atomic E-state index is 11.8. The van der Waals surface area contributed by atoms with Crippen LogP contribution >= 0.6 is 0 Å². The van der Waals surface area contributed by atoms with Crippen LogP contribution < -0.4 is 4.74 Å². The number of rotatable bonds is 6. The standard InChI is InChI=1S/C23H20N4O5/c1-3-14-12-17(18(26-30)13-20(14)32-23(29)31-4-2)21-24-25-22(28)27(21)19-11-7-9-15-8-5-6-10-16(15)19/h5-13H,3-4H2,1-2H3,(H,25,28). The van der Waals surface area contributed by atoms with Gasteiger partial charge >= 0.3 is 12.2 Å². The third-order valence-corrected chi connectivity index (χ3v) is 5.01. The maximum atomic E-state index is 11.8. The largest absolute Gasteiger partial charge is 0.513 e. The second kappa shape index (κ2) is 8.84. The topological polar surface area (TPSA) is 116 Å². The second-order valence-electron chi connectivity index (χ2n) is 6.86. The van der Waals surface area contributed by atoms with Crippen molar-refractivity contribution >= 4 is 22.6 Å². The van der Waals surface area contributed by atoms with Gasteiger partial charge in [0.25, 0.3) is 0 Å². The van der Waals surface area contributed by atoms with Crippen LogP contribution in [0.15, 0.2) is 59.8 Å². The normalized spacial score (nSPS) is 10.8. The van der Waals surface area contributed by atoms with E-state index in [-0.39, 0.29) is 29.9 Å². The highest BCUT2D eigenvalue weighted by molar-refractivity contribution is 5.91. The predicted molar refractivity (Wildman–Crippen MR) is 118 cm³/mol. The molecule has 1 heterocycles. The first-order valence-corrected chi connectivity index (χ1v) is 10.0. The molecule has 4 rings (SSSR count). The van der Waals surface area contributed by atoms with Crippen LogP contribution in [0.25, 0.3) is 27.8 Å². The van der Waals surface area contributed by atoms with E-state index in [1.807, 2.05) is 49.4 Å². The zero-order chi connectivity index (χ0) is 22.7. The molecule has 0 unspecified atom stereocenters. The summed E-state index contributed by atoms with van der Waals surface area (Å²) >= 11 is 0. The number of benzene rings is 3. The number of aromatic hydroxyl groups is 1. The number of ether oxygens (including phenoxy) is 2. The van der Waals surface area contributed by atoms with Crippen molar-refractivity contribution in [3.63, 3.8) is 0 Å². The minimum absolute atomic E-state index is 0.0182. The average molecular weight is 432 g/mol. The van der Waals surface area contributed by atoms with Crippen LogP contribution in [0, 0.1) is 4.91 Å². The summed E-state index contributed by atoms with van der Waals surface area (Å²) in [4.78, 5) is 23.5.